The SMILES string of the molecule is [2H]C([2H])([2H])Oc1ncnc(OC([2H])([2H])[2H])c1-c1cc2cc(N(Cc3ccc(OC)cc3)Cc3ccc(OC)cc3)ncc2n1C(=O)OC(C)(C)C. The van der Waals surface area contributed by atoms with Gasteiger partial charge in [0.1, 0.15) is 34.8 Å². The van der Waals surface area contributed by atoms with E-state index in [9.17, 15) is 4.79 Å². The molecule has 0 N–H and O–H groups in total. The van der Waals surface area contributed by atoms with Crippen molar-refractivity contribution in [3.63, 3.8) is 0 Å². The number of rotatable bonds is 10. The predicted octanol–water partition coefficient (Wildman–Crippen LogP) is 6.52. The first-order chi connectivity index (χ1) is 23.9. The number of methoxy groups -OCH3 is 4. The van der Waals surface area contributed by atoms with Gasteiger partial charge in [-0.2, -0.15) is 0 Å². The van der Waals surface area contributed by atoms with E-state index in [1.807, 2.05) is 53.4 Å². The van der Waals surface area contributed by atoms with Gasteiger partial charge >= 0.3 is 6.09 Å². The van der Waals surface area contributed by atoms with Crippen molar-refractivity contribution >= 4 is 22.8 Å². The van der Waals surface area contributed by atoms with Gasteiger partial charge < -0.3 is 28.6 Å². The molecule has 45 heavy (non-hydrogen) atoms. The smallest absolute Gasteiger partial charge is 0.419 e. The van der Waals surface area contributed by atoms with Crippen LogP contribution >= 0.6 is 0 Å². The summed E-state index contributed by atoms with van der Waals surface area (Å²) in [5.41, 5.74) is 0.918. The molecular weight excluding hydrogens is 574 g/mol. The Morgan fingerprint density at radius 2 is 1.38 bits per heavy atom. The molecule has 0 unspecified atom stereocenters. The van der Waals surface area contributed by atoms with Crippen LogP contribution in [0, 0.1) is 0 Å². The lowest BCUT2D eigenvalue weighted by molar-refractivity contribution is 0.0547. The van der Waals surface area contributed by atoms with Gasteiger partial charge in [-0.1, -0.05) is 24.3 Å². The summed E-state index contributed by atoms with van der Waals surface area (Å²) in [6.07, 6.45) is 1.52. The number of aromatic nitrogens is 4. The molecule has 0 amide bonds. The Balaban J connectivity index is 1.70. The molecule has 11 heteroatoms. The van der Waals surface area contributed by atoms with Crippen LogP contribution in [0.2, 0.25) is 0 Å². The third kappa shape index (κ3) is 6.93. The summed E-state index contributed by atoms with van der Waals surface area (Å²) in [6, 6.07) is 18.6. The van der Waals surface area contributed by atoms with E-state index in [2.05, 4.69) is 9.97 Å². The minimum absolute atomic E-state index is 0.0471. The van der Waals surface area contributed by atoms with Gasteiger partial charge in [0, 0.05) is 18.5 Å². The van der Waals surface area contributed by atoms with Gasteiger partial charge in [-0.15, -0.1) is 0 Å². The van der Waals surface area contributed by atoms with Gasteiger partial charge in [-0.3, -0.25) is 0 Å². The molecule has 5 aromatic rings. The van der Waals surface area contributed by atoms with Gasteiger partial charge in [0.25, 0.3) is 0 Å². The molecule has 234 valence electrons. The van der Waals surface area contributed by atoms with Crippen molar-refractivity contribution in [3.05, 3.63) is 84.3 Å². The fraction of sp³-hybridized carbons (Fsp3) is 0.294. The van der Waals surface area contributed by atoms with Gasteiger partial charge in [-0.05, 0) is 68.3 Å². The number of carbonyl (C=O) groups is 1. The van der Waals surface area contributed by atoms with E-state index in [1.165, 1.54) is 6.20 Å². The quantitative estimate of drug-likeness (QED) is 0.172. The summed E-state index contributed by atoms with van der Waals surface area (Å²) in [5.74, 6) is 0.884. The normalized spacial score (nSPS) is 13.8. The number of pyridine rings is 1. The summed E-state index contributed by atoms with van der Waals surface area (Å²) in [5, 5.41) is 0.471. The van der Waals surface area contributed by atoms with E-state index in [0.29, 0.717) is 35.8 Å². The Kier molecular flexibility index (Phi) is 7.02. The minimum Gasteiger partial charge on any atom is -0.497 e. The number of anilines is 1. The Morgan fingerprint density at radius 3 is 1.87 bits per heavy atom. The van der Waals surface area contributed by atoms with Crippen molar-refractivity contribution in [2.24, 2.45) is 0 Å². The van der Waals surface area contributed by atoms with E-state index in [0.717, 1.165) is 22.0 Å². The Bertz CT molecular complexity index is 1910. The molecule has 2 aromatic carbocycles. The van der Waals surface area contributed by atoms with Crippen molar-refractivity contribution in [1.82, 2.24) is 19.5 Å². The second kappa shape index (κ2) is 13.1. The van der Waals surface area contributed by atoms with Crippen LogP contribution in [0.1, 0.15) is 40.1 Å². The minimum atomic E-state index is -3.00. The van der Waals surface area contributed by atoms with E-state index >= 15 is 0 Å². The van der Waals surface area contributed by atoms with Crippen molar-refractivity contribution in [3.8, 4) is 34.5 Å². The van der Waals surface area contributed by atoms with Crippen LogP contribution in [0.5, 0.6) is 23.3 Å². The number of carbonyl (C=O) groups excluding carboxylic acids is 1. The lowest BCUT2D eigenvalue weighted by Crippen LogP contribution is -2.27. The van der Waals surface area contributed by atoms with Crippen LogP contribution in [0.15, 0.2) is 73.2 Å². The van der Waals surface area contributed by atoms with Crippen molar-refractivity contribution in [2.75, 3.05) is 33.2 Å². The molecule has 0 aliphatic rings. The Hall–Kier alpha value is -5.32. The molecule has 0 saturated carbocycles. The molecule has 0 aliphatic heterocycles. The maximum absolute atomic E-state index is 13.9. The molecule has 0 spiro atoms. The first-order valence-electron chi connectivity index (χ1n) is 16.9. The highest BCUT2D eigenvalue weighted by Crippen LogP contribution is 2.39. The summed E-state index contributed by atoms with van der Waals surface area (Å²) < 4.78 is 74.2. The summed E-state index contributed by atoms with van der Waals surface area (Å²) in [4.78, 5) is 28.6. The molecule has 0 saturated heterocycles. The average molecular weight is 618 g/mol. The fourth-order valence-corrected chi connectivity index (χ4v) is 4.81. The highest BCUT2D eigenvalue weighted by atomic mass is 16.6. The number of hydrogen-bond donors (Lipinski definition) is 0. The van der Waals surface area contributed by atoms with E-state index < -0.39 is 37.5 Å². The van der Waals surface area contributed by atoms with E-state index in [-0.39, 0.29) is 16.8 Å². The van der Waals surface area contributed by atoms with Crippen molar-refractivity contribution in [1.29, 1.82) is 0 Å². The molecule has 0 atom stereocenters. The summed E-state index contributed by atoms with van der Waals surface area (Å²) in [6.45, 7) is 5.92. The monoisotopic (exact) mass is 617 g/mol. The molecule has 0 fully saturated rings. The van der Waals surface area contributed by atoms with Crippen LogP contribution < -0.4 is 23.8 Å². The zero-order valence-electron chi connectivity index (χ0n) is 31.5. The number of ether oxygens (including phenoxy) is 5. The topological polar surface area (TPSA) is 110 Å². The third-order valence-electron chi connectivity index (χ3n) is 6.87. The molecule has 0 bridgehead atoms. The number of benzene rings is 2. The largest absolute Gasteiger partial charge is 0.497 e. The van der Waals surface area contributed by atoms with E-state index in [1.54, 1.807) is 47.1 Å². The van der Waals surface area contributed by atoms with Gasteiger partial charge in [-0.25, -0.2) is 24.3 Å². The van der Waals surface area contributed by atoms with Crippen LogP contribution in [0.25, 0.3) is 22.2 Å². The Morgan fingerprint density at radius 1 is 0.822 bits per heavy atom. The lowest BCUT2D eigenvalue weighted by Gasteiger charge is -2.25. The standard InChI is InChI=1S/C34H37N5O6/c1-34(2,3)45-33(40)39-27(30-31(43-6)36-21-37-32(30)44-7)16-24-17-29(35-18-28(24)39)38(19-22-8-12-25(41-4)13-9-22)20-23-10-14-26(42-5)15-11-23/h8-18,21H,19-20H2,1-7H3/i6D3,7D3. The summed E-state index contributed by atoms with van der Waals surface area (Å²) >= 11 is 0. The van der Waals surface area contributed by atoms with Crippen LogP contribution in [0.4, 0.5) is 10.6 Å². The van der Waals surface area contributed by atoms with Gasteiger partial charge in [0.05, 0.1) is 53.9 Å². The third-order valence-corrected chi connectivity index (χ3v) is 6.87. The number of nitrogens with zero attached hydrogens (tertiary/aromatic N) is 5. The van der Waals surface area contributed by atoms with Crippen molar-refractivity contribution < 1.29 is 36.7 Å². The first kappa shape index (κ1) is 24.1. The molecule has 5 rings (SSSR count). The average Bonchev–Trinajstić information content (AvgIpc) is 3.41. The molecule has 0 radical (unpaired) electrons. The highest BCUT2D eigenvalue weighted by molar-refractivity contribution is 5.98. The molecular formula is C34H37N5O6. The molecule has 3 heterocycles. The van der Waals surface area contributed by atoms with Crippen molar-refractivity contribution in [2.45, 2.75) is 39.5 Å². The van der Waals surface area contributed by atoms with Crippen LogP contribution in [-0.2, 0) is 17.8 Å². The molecule has 3 aromatic heterocycles. The fourth-order valence-electron chi connectivity index (χ4n) is 4.81. The van der Waals surface area contributed by atoms with E-state index in [4.69, 9.17) is 36.9 Å². The molecule has 11 nitrogen and oxygen atoms in total. The highest BCUT2D eigenvalue weighted by Gasteiger charge is 2.28. The summed E-state index contributed by atoms with van der Waals surface area (Å²) in [7, 11) is -2.80. The lowest BCUT2D eigenvalue weighted by atomic mass is 10.1. The van der Waals surface area contributed by atoms with Gasteiger partial charge in [0.15, 0.2) is 0 Å². The zero-order valence-corrected chi connectivity index (χ0v) is 25.5. The second-order valence-corrected chi connectivity index (χ2v) is 11.1. The second-order valence-electron chi connectivity index (χ2n) is 11.1. The van der Waals surface area contributed by atoms with Gasteiger partial charge in [0.2, 0.25) is 11.8 Å². The van der Waals surface area contributed by atoms with Crippen LogP contribution in [0.3, 0.4) is 0 Å². The molecule has 0 aliphatic carbocycles. The van der Waals surface area contributed by atoms with Crippen LogP contribution in [-0.4, -0.2) is 59.5 Å². The maximum atomic E-state index is 13.9. The Labute approximate surface area is 270 Å². The first-order valence-corrected chi connectivity index (χ1v) is 13.9. The zero-order chi connectivity index (χ0) is 37.1. The maximum Gasteiger partial charge on any atom is 0.419 e. The predicted molar refractivity (Wildman–Crippen MR) is 171 cm³/mol. The number of fused-ring (bicyclic) bond motifs is 1. The number of hydrogen-bond acceptors (Lipinski definition) is 10.